The molecule has 0 spiro atoms. The predicted molar refractivity (Wildman–Crippen MR) is 51.9 cm³/mol. The molecule has 15 heavy (non-hydrogen) atoms. The summed E-state index contributed by atoms with van der Waals surface area (Å²) in [5.41, 5.74) is 0. The van der Waals surface area contributed by atoms with Crippen molar-refractivity contribution in [3.8, 4) is 0 Å². The molecule has 1 N–H and O–H groups in total. The van der Waals surface area contributed by atoms with Crippen molar-refractivity contribution in [2.45, 2.75) is 25.5 Å². The van der Waals surface area contributed by atoms with Crippen molar-refractivity contribution in [3.63, 3.8) is 0 Å². The van der Waals surface area contributed by atoms with Crippen molar-refractivity contribution >= 4 is 5.91 Å². The maximum absolute atomic E-state index is 11.9. The predicted octanol–water partition coefficient (Wildman–Crippen LogP) is -0.568. The number of β-amino-alcohol motifs (C(OH)–C–C–N with tert-alkyl or cyclic N) is 1. The molecule has 1 aromatic heterocycles. The van der Waals surface area contributed by atoms with E-state index in [1.54, 1.807) is 11.8 Å². The van der Waals surface area contributed by atoms with E-state index >= 15 is 0 Å². The number of amides is 1. The highest BCUT2D eigenvalue weighted by atomic mass is 16.3. The summed E-state index contributed by atoms with van der Waals surface area (Å²) in [4.78, 5) is 17.4. The third-order valence-corrected chi connectivity index (χ3v) is 2.67. The molecule has 2 rings (SSSR count). The first-order chi connectivity index (χ1) is 7.18. The number of hydrogen-bond donors (Lipinski definition) is 1. The summed E-state index contributed by atoms with van der Waals surface area (Å²) < 4.78 is 1.52. The average Bonchev–Trinajstić information content (AvgIpc) is 2.85. The van der Waals surface area contributed by atoms with Crippen molar-refractivity contribution in [2.75, 3.05) is 13.1 Å². The van der Waals surface area contributed by atoms with Gasteiger partial charge in [-0.3, -0.25) is 4.79 Å². The Morgan fingerprint density at radius 3 is 3.00 bits per heavy atom. The summed E-state index contributed by atoms with van der Waals surface area (Å²) in [5.74, 6) is -0.0166. The van der Waals surface area contributed by atoms with Crippen molar-refractivity contribution in [1.82, 2.24) is 19.7 Å². The van der Waals surface area contributed by atoms with Crippen LogP contribution in [-0.2, 0) is 4.79 Å². The average molecular weight is 210 g/mol. The summed E-state index contributed by atoms with van der Waals surface area (Å²) in [7, 11) is 0. The maximum atomic E-state index is 11.9. The molecule has 1 aliphatic rings. The van der Waals surface area contributed by atoms with Gasteiger partial charge >= 0.3 is 0 Å². The monoisotopic (exact) mass is 210 g/mol. The van der Waals surface area contributed by atoms with Gasteiger partial charge in [0.05, 0.1) is 6.10 Å². The molecule has 1 fully saturated rings. The smallest absolute Gasteiger partial charge is 0.247 e. The van der Waals surface area contributed by atoms with E-state index in [9.17, 15) is 9.90 Å². The van der Waals surface area contributed by atoms with E-state index in [1.807, 2.05) is 0 Å². The minimum Gasteiger partial charge on any atom is -0.391 e. The molecular weight excluding hydrogens is 196 g/mol. The fraction of sp³-hybridized carbons (Fsp3) is 0.667. The Balaban J connectivity index is 2.02. The lowest BCUT2D eigenvalue weighted by Crippen LogP contribution is -2.35. The molecule has 0 aromatic carbocycles. The Morgan fingerprint density at radius 1 is 1.67 bits per heavy atom. The zero-order chi connectivity index (χ0) is 10.8. The third kappa shape index (κ3) is 1.99. The molecule has 2 heterocycles. The minimum absolute atomic E-state index is 0.0166. The lowest BCUT2D eigenvalue weighted by atomic mass is 10.3. The van der Waals surface area contributed by atoms with Crippen LogP contribution in [0.3, 0.4) is 0 Å². The molecule has 0 bridgehead atoms. The molecule has 0 aliphatic carbocycles. The normalized spacial score (nSPS) is 23.1. The Labute approximate surface area is 87.5 Å². The zero-order valence-corrected chi connectivity index (χ0v) is 8.58. The van der Waals surface area contributed by atoms with Gasteiger partial charge in [0.15, 0.2) is 0 Å². The van der Waals surface area contributed by atoms with Crippen LogP contribution >= 0.6 is 0 Å². The van der Waals surface area contributed by atoms with Crippen molar-refractivity contribution in [2.24, 2.45) is 0 Å². The van der Waals surface area contributed by atoms with E-state index in [2.05, 4.69) is 10.1 Å². The molecule has 1 aromatic rings. The first kappa shape index (κ1) is 10.1. The Hall–Kier alpha value is -1.43. The van der Waals surface area contributed by atoms with Crippen LogP contribution in [0.2, 0.25) is 0 Å². The highest BCUT2D eigenvalue weighted by Gasteiger charge is 2.28. The Kier molecular flexibility index (Phi) is 2.68. The Morgan fingerprint density at radius 2 is 2.47 bits per heavy atom. The van der Waals surface area contributed by atoms with Gasteiger partial charge in [0.1, 0.15) is 18.7 Å². The number of hydrogen-bond acceptors (Lipinski definition) is 4. The lowest BCUT2D eigenvalue weighted by molar-refractivity contribution is -0.133. The number of carbonyl (C=O) groups excluding carboxylic acids is 1. The van der Waals surface area contributed by atoms with Crippen LogP contribution in [-0.4, -0.2) is 49.9 Å². The second-order valence-corrected chi connectivity index (χ2v) is 3.78. The summed E-state index contributed by atoms with van der Waals surface area (Å²) in [6.45, 7) is 2.83. The molecule has 1 saturated heterocycles. The molecular formula is C9H14N4O2. The summed E-state index contributed by atoms with van der Waals surface area (Å²) >= 11 is 0. The van der Waals surface area contributed by atoms with Crippen LogP contribution in [0.1, 0.15) is 19.4 Å². The molecule has 2 atom stereocenters. The topological polar surface area (TPSA) is 71.2 Å². The van der Waals surface area contributed by atoms with E-state index in [0.29, 0.717) is 19.5 Å². The number of nitrogens with zero attached hydrogens (tertiary/aromatic N) is 4. The van der Waals surface area contributed by atoms with Crippen LogP contribution < -0.4 is 0 Å². The van der Waals surface area contributed by atoms with Crippen molar-refractivity contribution < 1.29 is 9.90 Å². The van der Waals surface area contributed by atoms with Crippen LogP contribution in [0, 0.1) is 0 Å². The van der Waals surface area contributed by atoms with Gasteiger partial charge in [0.2, 0.25) is 5.91 Å². The Bertz CT molecular complexity index is 338. The molecule has 1 aliphatic heterocycles. The highest BCUT2D eigenvalue weighted by Crippen LogP contribution is 2.14. The lowest BCUT2D eigenvalue weighted by Gasteiger charge is -2.20. The third-order valence-electron chi connectivity index (χ3n) is 2.67. The van der Waals surface area contributed by atoms with Gasteiger partial charge in [0, 0.05) is 13.1 Å². The molecule has 0 radical (unpaired) electrons. The van der Waals surface area contributed by atoms with E-state index in [-0.39, 0.29) is 18.1 Å². The molecule has 1 unspecified atom stereocenters. The van der Waals surface area contributed by atoms with Gasteiger partial charge in [0.25, 0.3) is 0 Å². The van der Waals surface area contributed by atoms with Crippen LogP contribution in [0.15, 0.2) is 12.7 Å². The maximum Gasteiger partial charge on any atom is 0.247 e. The highest BCUT2D eigenvalue weighted by molar-refractivity contribution is 5.80. The van der Waals surface area contributed by atoms with Gasteiger partial charge in [-0.15, -0.1) is 0 Å². The van der Waals surface area contributed by atoms with Crippen LogP contribution in [0.4, 0.5) is 0 Å². The largest absolute Gasteiger partial charge is 0.391 e. The fourth-order valence-electron chi connectivity index (χ4n) is 1.74. The zero-order valence-electron chi connectivity index (χ0n) is 8.58. The van der Waals surface area contributed by atoms with Gasteiger partial charge in [-0.05, 0) is 13.3 Å². The van der Waals surface area contributed by atoms with E-state index in [1.165, 1.54) is 17.3 Å². The fourth-order valence-corrected chi connectivity index (χ4v) is 1.74. The van der Waals surface area contributed by atoms with Crippen molar-refractivity contribution in [1.29, 1.82) is 0 Å². The number of rotatable bonds is 2. The van der Waals surface area contributed by atoms with E-state index < -0.39 is 0 Å². The molecule has 1 amide bonds. The quantitative estimate of drug-likeness (QED) is 0.709. The number of aromatic nitrogens is 3. The van der Waals surface area contributed by atoms with Crippen molar-refractivity contribution in [3.05, 3.63) is 12.7 Å². The number of likely N-dealkylation sites (tertiary alicyclic amines) is 1. The SMILES string of the molecule is CC(C(=O)N1CC[C@@H](O)C1)n1cncn1. The molecule has 6 nitrogen and oxygen atoms in total. The number of carbonyl (C=O) groups is 1. The van der Waals surface area contributed by atoms with Gasteiger partial charge in [-0.25, -0.2) is 9.67 Å². The van der Waals surface area contributed by atoms with Gasteiger partial charge < -0.3 is 10.0 Å². The first-order valence-electron chi connectivity index (χ1n) is 4.99. The minimum atomic E-state index is -0.378. The number of aliphatic hydroxyl groups excluding tert-OH is 1. The van der Waals surface area contributed by atoms with Gasteiger partial charge in [-0.2, -0.15) is 5.10 Å². The van der Waals surface area contributed by atoms with E-state index in [4.69, 9.17) is 0 Å². The molecule has 6 heteroatoms. The summed E-state index contributed by atoms with van der Waals surface area (Å²) in [5, 5.41) is 13.3. The second kappa shape index (κ2) is 3.98. The molecule has 0 saturated carbocycles. The van der Waals surface area contributed by atoms with Gasteiger partial charge in [-0.1, -0.05) is 0 Å². The van der Waals surface area contributed by atoms with Crippen LogP contribution in [0.5, 0.6) is 0 Å². The first-order valence-corrected chi connectivity index (χ1v) is 4.99. The molecule has 82 valence electrons. The number of aliphatic hydroxyl groups is 1. The van der Waals surface area contributed by atoms with E-state index in [0.717, 1.165) is 0 Å². The summed E-state index contributed by atoms with van der Waals surface area (Å²) in [6.07, 6.45) is 3.21. The second-order valence-electron chi connectivity index (χ2n) is 3.78. The summed E-state index contributed by atoms with van der Waals surface area (Å²) in [6, 6.07) is -0.349. The van der Waals surface area contributed by atoms with Crippen LogP contribution in [0.25, 0.3) is 0 Å². The standard InChI is InChI=1S/C9H14N4O2/c1-7(13-6-10-5-11-13)9(15)12-3-2-8(14)4-12/h5-8,14H,2-4H2,1H3/t7?,8-/m1/s1.